The van der Waals surface area contributed by atoms with E-state index in [0.29, 0.717) is 5.56 Å². The fourth-order valence-corrected chi connectivity index (χ4v) is 6.22. The molecular weight excluding hydrogens is 504 g/mol. The number of carbonyl (C=O) groups excluding carboxylic acids is 2. The number of hydrogen-bond donors (Lipinski definition) is 1. The molecule has 3 fully saturated rings. The fourth-order valence-electron chi connectivity index (χ4n) is 5.82. The van der Waals surface area contributed by atoms with Crippen LogP contribution in [0.2, 0.25) is 0 Å². The van der Waals surface area contributed by atoms with Crippen LogP contribution in [0, 0.1) is 0 Å². The van der Waals surface area contributed by atoms with E-state index in [0.717, 1.165) is 73.9 Å². The highest BCUT2D eigenvalue weighted by molar-refractivity contribution is 9.10. The third-order valence-electron chi connectivity index (χ3n) is 7.83. The summed E-state index contributed by atoms with van der Waals surface area (Å²) in [4.78, 5) is 33.1. The summed E-state index contributed by atoms with van der Waals surface area (Å²) in [7, 11) is 0. The Balaban J connectivity index is 1.17. The first-order valence-corrected chi connectivity index (χ1v) is 13.8. The molecule has 2 heterocycles. The number of benzene rings is 2. The summed E-state index contributed by atoms with van der Waals surface area (Å²) in [5.74, 6) is 0.119. The third-order valence-corrected chi connectivity index (χ3v) is 8.33. The molecule has 7 heteroatoms. The largest absolute Gasteiger partial charge is 0.371 e. The van der Waals surface area contributed by atoms with Crippen LogP contribution in [0.15, 0.2) is 53.0 Å². The molecule has 2 amide bonds. The van der Waals surface area contributed by atoms with Gasteiger partial charge in [0.25, 0.3) is 11.8 Å². The topological polar surface area (TPSA) is 55.9 Å². The van der Waals surface area contributed by atoms with Crippen LogP contribution < -0.4 is 10.2 Å². The number of halogens is 1. The Bertz CT molecular complexity index is 1040. The fraction of sp³-hybridized carbons (Fsp3) is 0.500. The molecule has 35 heavy (non-hydrogen) atoms. The quantitative estimate of drug-likeness (QED) is 0.606. The molecule has 5 rings (SSSR count). The normalized spacial score (nSPS) is 20.3. The van der Waals surface area contributed by atoms with E-state index in [1.54, 1.807) is 0 Å². The smallest absolute Gasteiger partial charge is 0.256 e. The monoisotopic (exact) mass is 538 g/mol. The van der Waals surface area contributed by atoms with Gasteiger partial charge in [0.15, 0.2) is 0 Å². The zero-order chi connectivity index (χ0) is 24.2. The number of piperidine rings is 1. The van der Waals surface area contributed by atoms with Gasteiger partial charge in [-0.2, -0.15) is 0 Å². The molecule has 3 aliphatic rings. The molecule has 0 unspecified atom stereocenters. The maximum Gasteiger partial charge on any atom is 0.256 e. The molecule has 6 nitrogen and oxygen atoms in total. The van der Waals surface area contributed by atoms with E-state index in [4.69, 9.17) is 0 Å². The second kappa shape index (κ2) is 11.1. The van der Waals surface area contributed by atoms with Crippen LogP contribution in [0.1, 0.15) is 59.2 Å². The number of para-hydroxylation sites is 1. The maximum atomic E-state index is 13.5. The molecule has 2 aromatic carbocycles. The van der Waals surface area contributed by atoms with Crippen molar-refractivity contribution in [1.29, 1.82) is 0 Å². The maximum absolute atomic E-state index is 13.5. The van der Waals surface area contributed by atoms with Gasteiger partial charge < -0.3 is 15.1 Å². The van der Waals surface area contributed by atoms with E-state index >= 15 is 0 Å². The summed E-state index contributed by atoms with van der Waals surface area (Å²) >= 11 is 3.43. The highest BCUT2D eigenvalue weighted by Crippen LogP contribution is 2.28. The van der Waals surface area contributed by atoms with Crippen molar-refractivity contribution in [3.63, 3.8) is 0 Å². The molecule has 1 N–H and O–H groups in total. The van der Waals surface area contributed by atoms with Crippen LogP contribution in [0.4, 0.5) is 5.69 Å². The van der Waals surface area contributed by atoms with Crippen molar-refractivity contribution in [2.45, 2.75) is 50.6 Å². The summed E-state index contributed by atoms with van der Waals surface area (Å²) < 4.78 is 0.904. The Morgan fingerprint density at radius 1 is 0.829 bits per heavy atom. The molecule has 0 aromatic heterocycles. The summed E-state index contributed by atoms with van der Waals surface area (Å²) in [6.45, 7) is 5.25. The minimum absolute atomic E-state index is 0.0305. The van der Waals surface area contributed by atoms with Gasteiger partial charge in [0.1, 0.15) is 0 Å². The van der Waals surface area contributed by atoms with Crippen LogP contribution in [0.3, 0.4) is 0 Å². The van der Waals surface area contributed by atoms with Gasteiger partial charge in [-0.05, 0) is 56.0 Å². The summed E-state index contributed by atoms with van der Waals surface area (Å²) in [5.41, 5.74) is 2.50. The number of carbonyl (C=O) groups is 2. The predicted molar refractivity (Wildman–Crippen MR) is 143 cm³/mol. The molecule has 1 saturated carbocycles. The Kier molecular flexibility index (Phi) is 7.73. The predicted octanol–water partition coefficient (Wildman–Crippen LogP) is 4.55. The number of hydrogen-bond acceptors (Lipinski definition) is 4. The molecular formula is C28H35BrN4O2. The molecule has 0 spiro atoms. The van der Waals surface area contributed by atoms with Gasteiger partial charge >= 0.3 is 0 Å². The standard InChI is InChI=1S/C28H35BrN4O2/c29-22-7-5-6-21(20-22)27(34)30-23-12-14-32(15-13-23)26-11-4-3-10-25(26)28(35)33-18-16-31(17-19-33)24-8-1-2-9-24/h3-7,10-11,20,23-24H,1-2,8-9,12-19H2,(H,30,34). The summed E-state index contributed by atoms with van der Waals surface area (Å²) in [6.07, 6.45) is 7.06. The van der Waals surface area contributed by atoms with Crippen molar-refractivity contribution >= 4 is 33.4 Å². The number of rotatable bonds is 5. The van der Waals surface area contributed by atoms with Crippen molar-refractivity contribution in [1.82, 2.24) is 15.1 Å². The summed E-state index contributed by atoms with van der Waals surface area (Å²) in [6, 6.07) is 16.4. The Morgan fingerprint density at radius 3 is 2.26 bits per heavy atom. The highest BCUT2D eigenvalue weighted by atomic mass is 79.9. The van der Waals surface area contributed by atoms with Crippen molar-refractivity contribution in [3.05, 3.63) is 64.1 Å². The zero-order valence-corrected chi connectivity index (χ0v) is 21.9. The molecule has 0 bridgehead atoms. The zero-order valence-electron chi connectivity index (χ0n) is 20.3. The average molecular weight is 540 g/mol. The van der Waals surface area contributed by atoms with E-state index in [1.165, 1.54) is 25.7 Å². The minimum Gasteiger partial charge on any atom is -0.371 e. The van der Waals surface area contributed by atoms with Crippen LogP contribution in [0.25, 0.3) is 0 Å². The number of amides is 2. The summed E-state index contributed by atoms with van der Waals surface area (Å²) in [5, 5.41) is 3.18. The van der Waals surface area contributed by atoms with Gasteiger partial charge in [0.05, 0.1) is 5.56 Å². The second-order valence-corrected chi connectivity index (χ2v) is 10.9. The van der Waals surface area contributed by atoms with Crippen LogP contribution in [-0.4, -0.2) is 73.0 Å². The van der Waals surface area contributed by atoms with E-state index in [2.05, 4.69) is 37.1 Å². The number of nitrogens with zero attached hydrogens (tertiary/aromatic N) is 3. The first-order chi connectivity index (χ1) is 17.1. The van der Waals surface area contributed by atoms with E-state index in [-0.39, 0.29) is 17.9 Å². The van der Waals surface area contributed by atoms with Gasteiger partial charge in [0, 0.05) is 67.1 Å². The van der Waals surface area contributed by atoms with Gasteiger partial charge in [0.2, 0.25) is 0 Å². The molecule has 0 radical (unpaired) electrons. The number of nitrogens with one attached hydrogen (secondary N) is 1. The van der Waals surface area contributed by atoms with Gasteiger partial charge in [-0.15, -0.1) is 0 Å². The first kappa shape index (κ1) is 24.3. The molecule has 2 aromatic rings. The second-order valence-electron chi connectivity index (χ2n) is 10.0. The first-order valence-electron chi connectivity index (χ1n) is 13.0. The van der Waals surface area contributed by atoms with Crippen LogP contribution >= 0.6 is 15.9 Å². The van der Waals surface area contributed by atoms with Gasteiger partial charge in [-0.3, -0.25) is 14.5 Å². The minimum atomic E-state index is -0.0305. The highest BCUT2D eigenvalue weighted by Gasteiger charge is 2.30. The lowest BCUT2D eigenvalue weighted by molar-refractivity contribution is 0.0574. The number of piperazine rings is 1. The van der Waals surface area contributed by atoms with Crippen molar-refractivity contribution in [3.8, 4) is 0 Å². The van der Waals surface area contributed by atoms with Crippen molar-refractivity contribution in [2.24, 2.45) is 0 Å². The van der Waals surface area contributed by atoms with Crippen LogP contribution in [0.5, 0.6) is 0 Å². The Hall–Kier alpha value is -2.38. The molecule has 2 aliphatic heterocycles. The van der Waals surface area contributed by atoms with E-state index < -0.39 is 0 Å². The molecule has 1 aliphatic carbocycles. The lowest BCUT2D eigenvalue weighted by atomic mass is 10.0. The molecule has 0 atom stereocenters. The third kappa shape index (κ3) is 5.72. The Morgan fingerprint density at radius 2 is 1.54 bits per heavy atom. The number of anilines is 1. The molecule has 186 valence electrons. The molecule has 2 saturated heterocycles. The lowest BCUT2D eigenvalue weighted by Gasteiger charge is -2.39. The van der Waals surface area contributed by atoms with Crippen molar-refractivity contribution < 1.29 is 9.59 Å². The lowest BCUT2D eigenvalue weighted by Crippen LogP contribution is -2.51. The average Bonchev–Trinajstić information content (AvgIpc) is 3.44. The van der Waals surface area contributed by atoms with Crippen molar-refractivity contribution in [2.75, 3.05) is 44.2 Å². The van der Waals surface area contributed by atoms with E-state index in [9.17, 15) is 9.59 Å². The van der Waals surface area contributed by atoms with Crippen LogP contribution in [-0.2, 0) is 0 Å². The van der Waals surface area contributed by atoms with Gasteiger partial charge in [-0.25, -0.2) is 0 Å². The Labute approximate surface area is 216 Å². The SMILES string of the molecule is O=C(NC1CCN(c2ccccc2C(=O)N2CCN(C3CCCC3)CC2)CC1)c1cccc(Br)c1. The van der Waals surface area contributed by atoms with Gasteiger partial charge in [-0.1, -0.05) is 47.0 Å². The van der Waals surface area contributed by atoms with E-state index in [1.807, 2.05) is 47.4 Å².